The van der Waals surface area contributed by atoms with E-state index < -0.39 is 0 Å². The number of halogens is 1. The van der Waals surface area contributed by atoms with Gasteiger partial charge in [-0.3, -0.25) is 4.79 Å². The Hall–Kier alpha value is -1.61. The summed E-state index contributed by atoms with van der Waals surface area (Å²) in [4.78, 5) is 18.6. The highest BCUT2D eigenvalue weighted by Gasteiger charge is 2.34. The van der Waals surface area contributed by atoms with Crippen LogP contribution in [-0.4, -0.2) is 29.4 Å². The highest BCUT2D eigenvalue weighted by Crippen LogP contribution is 2.38. The van der Waals surface area contributed by atoms with Gasteiger partial charge in [-0.2, -0.15) is 0 Å². The fourth-order valence-corrected chi connectivity index (χ4v) is 2.79. The average Bonchev–Trinajstić information content (AvgIpc) is 3.13. The molecule has 1 aromatic heterocycles. The molecule has 104 valence electrons. The van der Waals surface area contributed by atoms with Crippen molar-refractivity contribution in [1.82, 2.24) is 9.88 Å². The summed E-state index contributed by atoms with van der Waals surface area (Å²) in [7, 11) is 1.83. The van der Waals surface area contributed by atoms with Crippen LogP contribution < -0.4 is 0 Å². The number of nitrogens with zero attached hydrogens (tertiary/aromatic N) is 2. The first-order valence-corrected chi connectivity index (χ1v) is 7.25. The second-order valence-electron chi connectivity index (χ2n) is 5.67. The van der Waals surface area contributed by atoms with E-state index >= 15 is 0 Å². The van der Waals surface area contributed by atoms with Gasteiger partial charge in [0.1, 0.15) is 5.69 Å². The summed E-state index contributed by atoms with van der Waals surface area (Å²) in [5.74, 6) is 1.31. The van der Waals surface area contributed by atoms with E-state index in [2.05, 4.69) is 11.9 Å². The van der Waals surface area contributed by atoms with Gasteiger partial charge in [0, 0.05) is 19.0 Å². The normalized spacial score (nSPS) is 20.9. The van der Waals surface area contributed by atoms with Crippen LogP contribution in [0, 0.1) is 11.8 Å². The van der Waals surface area contributed by atoms with Crippen molar-refractivity contribution in [1.29, 1.82) is 0 Å². The molecule has 3 rings (SSSR count). The lowest BCUT2D eigenvalue weighted by Gasteiger charge is -2.17. The van der Waals surface area contributed by atoms with Gasteiger partial charge < -0.3 is 4.90 Å². The third kappa shape index (κ3) is 2.50. The van der Waals surface area contributed by atoms with Crippen molar-refractivity contribution in [3.05, 3.63) is 41.0 Å². The molecule has 3 nitrogen and oxygen atoms in total. The van der Waals surface area contributed by atoms with Crippen molar-refractivity contribution in [2.45, 2.75) is 13.3 Å². The number of hydrogen-bond donors (Lipinski definition) is 0. The van der Waals surface area contributed by atoms with Crippen molar-refractivity contribution < 1.29 is 4.79 Å². The van der Waals surface area contributed by atoms with E-state index in [1.807, 2.05) is 31.3 Å². The van der Waals surface area contributed by atoms with Crippen LogP contribution >= 0.6 is 11.6 Å². The predicted octanol–water partition coefficient (Wildman–Crippen LogP) is 3.62. The van der Waals surface area contributed by atoms with Gasteiger partial charge in [-0.05, 0) is 30.4 Å². The molecule has 2 aromatic rings. The molecule has 1 fully saturated rings. The Balaban J connectivity index is 1.87. The monoisotopic (exact) mass is 288 g/mol. The van der Waals surface area contributed by atoms with Crippen LogP contribution in [0.3, 0.4) is 0 Å². The second-order valence-corrected chi connectivity index (χ2v) is 6.07. The van der Waals surface area contributed by atoms with Crippen LogP contribution in [0.15, 0.2) is 30.3 Å². The zero-order valence-electron chi connectivity index (χ0n) is 11.6. The maximum atomic E-state index is 12.4. The largest absolute Gasteiger partial charge is 0.340 e. The molecule has 0 saturated heterocycles. The molecular formula is C16H17ClN2O. The van der Waals surface area contributed by atoms with E-state index in [4.69, 9.17) is 11.6 Å². The number of fused-ring (bicyclic) bond motifs is 1. The first kappa shape index (κ1) is 13.4. The molecule has 0 N–H and O–H groups in total. The Kier molecular flexibility index (Phi) is 3.38. The highest BCUT2D eigenvalue weighted by atomic mass is 35.5. The summed E-state index contributed by atoms with van der Waals surface area (Å²) < 4.78 is 0. The summed E-state index contributed by atoms with van der Waals surface area (Å²) in [5.41, 5.74) is 1.18. The van der Waals surface area contributed by atoms with Crippen molar-refractivity contribution in [3.63, 3.8) is 0 Å². The first-order chi connectivity index (χ1) is 9.56. The Morgan fingerprint density at radius 1 is 1.45 bits per heavy atom. The van der Waals surface area contributed by atoms with Crippen molar-refractivity contribution in [2.24, 2.45) is 11.8 Å². The lowest BCUT2D eigenvalue weighted by Crippen LogP contribution is -2.29. The number of carbonyl (C=O) groups excluding carboxylic acids is 1. The van der Waals surface area contributed by atoms with Gasteiger partial charge in [-0.15, -0.1) is 0 Å². The average molecular weight is 289 g/mol. The molecule has 1 aromatic carbocycles. The van der Waals surface area contributed by atoms with Gasteiger partial charge in [-0.25, -0.2) is 4.98 Å². The maximum Gasteiger partial charge on any atom is 0.272 e. The molecule has 2 unspecified atom stereocenters. The summed E-state index contributed by atoms with van der Waals surface area (Å²) in [6.07, 6.45) is 1.21. The third-order valence-corrected chi connectivity index (χ3v) is 4.33. The third-order valence-electron chi connectivity index (χ3n) is 4.02. The quantitative estimate of drug-likeness (QED) is 0.864. The Bertz CT molecular complexity index is 671. The maximum absolute atomic E-state index is 12.4. The molecule has 1 heterocycles. The number of benzene rings is 1. The van der Waals surface area contributed by atoms with Crippen molar-refractivity contribution in [2.75, 3.05) is 13.6 Å². The summed E-state index contributed by atoms with van der Waals surface area (Å²) in [6.45, 7) is 3.01. The van der Waals surface area contributed by atoms with Gasteiger partial charge in [-0.1, -0.05) is 36.7 Å². The number of carbonyl (C=O) groups is 1. The van der Waals surface area contributed by atoms with Crippen LogP contribution in [0.25, 0.3) is 10.9 Å². The lowest BCUT2D eigenvalue weighted by molar-refractivity contribution is 0.0781. The zero-order chi connectivity index (χ0) is 14.3. The summed E-state index contributed by atoms with van der Waals surface area (Å²) >= 11 is 6.24. The smallest absolute Gasteiger partial charge is 0.272 e. The molecule has 0 radical (unpaired) electrons. The van der Waals surface area contributed by atoms with Gasteiger partial charge in [0.05, 0.1) is 10.5 Å². The van der Waals surface area contributed by atoms with Crippen LogP contribution in [-0.2, 0) is 0 Å². The summed E-state index contributed by atoms with van der Waals surface area (Å²) in [5, 5.41) is 1.45. The number of para-hydroxylation sites is 1. The molecule has 1 aliphatic rings. The number of rotatable bonds is 3. The van der Waals surface area contributed by atoms with Crippen LogP contribution in [0.5, 0.6) is 0 Å². The van der Waals surface area contributed by atoms with Crippen molar-refractivity contribution in [3.8, 4) is 0 Å². The molecule has 4 heteroatoms. The standard InChI is InChI=1S/C16H17ClN2O/c1-10-7-11(10)9-19(2)16(20)15-8-13(17)12-5-3-4-6-14(12)18-15/h3-6,8,10-11H,7,9H2,1-2H3. The topological polar surface area (TPSA) is 33.2 Å². The Morgan fingerprint density at radius 2 is 2.15 bits per heavy atom. The van der Waals surface area contributed by atoms with Crippen LogP contribution in [0.1, 0.15) is 23.8 Å². The van der Waals surface area contributed by atoms with E-state index in [1.54, 1.807) is 11.0 Å². The predicted molar refractivity (Wildman–Crippen MR) is 81.0 cm³/mol. The van der Waals surface area contributed by atoms with Gasteiger partial charge >= 0.3 is 0 Å². The molecule has 1 saturated carbocycles. The SMILES string of the molecule is CC1CC1CN(C)C(=O)c1cc(Cl)c2ccccc2n1. The van der Waals surface area contributed by atoms with E-state index in [0.29, 0.717) is 16.6 Å². The number of pyridine rings is 1. The van der Waals surface area contributed by atoms with E-state index in [-0.39, 0.29) is 5.91 Å². The van der Waals surface area contributed by atoms with E-state index in [9.17, 15) is 4.79 Å². The van der Waals surface area contributed by atoms with Gasteiger partial charge in [0.25, 0.3) is 5.91 Å². The number of hydrogen-bond acceptors (Lipinski definition) is 2. The van der Waals surface area contributed by atoms with Crippen LogP contribution in [0.2, 0.25) is 5.02 Å². The Morgan fingerprint density at radius 3 is 2.85 bits per heavy atom. The highest BCUT2D eigenvalue weighted by molar-refractivity contribution is 6.35. The fraction of sp³-hybridized carbons (Fsp3) is 0.375. The molecular weight excluding hydrogens is 272 g/mol. The minimum atomic E-state index is -0.0586. The molecule has 20 heavy (non-hydrogen) atoms. The minimum Gasteiger partial charge on any atom is -0.340 e. The molecule has 2 atom stereocenters. The van der Waals surface area contributed by atoms with E-state index in [0.717, 1.165) is 23.4 Å². The van der Waals surface area contributed by atoms with Crippen LogP contribution in [0.4, 0.5) is 0 Å². The fourth-order valence-electron chi connectivity index (χ4n) is 2.53. The Labute approximate surface area is 123 Å². The van der Waals surface area contributed by atoms with Gasteiger partial charge in [0.15, 0.2) is 0 Å². The minimum absolute atomic E-state index is 0.0586. The zero-order valence-corrected chi connectivity index (χ0v) is 12.4. The lowest BCUT2D eigenvalue weighted by atomic mass is 10.2. The molecule has 1 aliphatic carbocycles. The molecule has 1 amide bonds. The number of aromatic nitrogens is 1. The first-order valence-electron chi connectivity index (χ1n) is 6.87. The number of amides is 1. The molecule has 0 aliphatic heterocycles. The van der Waals surface area contributed by atoms with Gasteiger partial charge in [0.2, 0.25) is 0 Å². The molecule has 0 spiro atoms. The molecule has 0 bridgehead atoms. The second kappa shape index (κ2) is 5.06. The van der Waals surface area contributed by atoms with E-state index in [1.165, 1.54) is 6.42 Å². The van der Waals surface area contributed by atoms with Crippen molar-refractivity contribution >= 4 is 28.4 Å². The summed E-state index contributed by atoms with van der Waals surface area (Å²) in [6, 6.07) is 9.27.